The Labute approximate surface area is 95.0 Å². The molecule has 1 aliphatic rings. The maximum atomic E-state index is 13.4. The van der Waals surface area contributed by atoms with E-state index in [-0.39, 0.29) is 17.5 Å². The molecule has 1 aliphatic heterocycles. The zero-order valence-electron chi connectivity index (χ0n) is 9.66. The van der Waals surface area contributed by atoms with E-state index in [1.54, 1.807) is 12.3 Å². The van der Waals surface area contributed by atoms with Crippen LogP contribution in [0.25, 0.3) is 0 Å². The van der Waals surface area contributed by atoms with Crippen LogP contribution in [-0.2, 0) is 11.3 Å². The van der Waals surface area contributed by atoms with Gasteiger partial charge in [0.15, 0.2) is 0 Å². The van der Waals surface area contributed by atoms with Gasteiger partial charge in [-0.1, -0.05) is 0 Å². The summed E-state index contributed by atoms with van der Waals surface area (Å²) in [7, 11) is 0. The van der Waals surface area contributed by atoms with Crippen LogP contribution in [0.15, 0.2) is 18.5 Å². The fourth-order valence-electron chi connectivity index (χ4n) is 1.91. The van der Waals surface area contributed by atoms with E-state index in [0.717, 1.165) is 13.0 Å². The summed E-state index contributed by atoms with van der Waals surface area (Å²) in [5, 5.41) is 3.37. The van der Waals surface area contributed by atoms with Crippen LogP contribution in [0.1, 0.15) is 25.8 Å². The van der Waals surface area contributed by atoms with Crippen molar-refractivity contribution in [3.05, 3.63) is 29.8 Å². The molecule has 0 radical (unpaired) electrons. The highest BCUT2D eigenvalue weighted by atomic mass is 19.1. The Kier molecular flexibility index (Phi) is 3.21. The average Bonchev–Trinajstić information content (AvgIpc) is 2.59. The third-order valence-electron chi connectivity index (χ3n) is 3.43. The molecule has 1 N–H and O–H groups in total. The number of nitrogens with one attached hydrogen (secondary N) is 1. The van der Waals surface area contributed by atoms with Gasteiger partial charge < -0.3 is 10.1 Å². The lowest BCUT2D eigenvalue weighted by atomic mass is 9.94. The van der Waals surface area contributed by atoms with E-state index in [9.17, 15) is 4.39 Å². The van der Waals surface area contributed by atoms with Gasteiger partial charge in [-0.3, -0.25) is 4.98 Å². The van der Waals surface area contributed by atoms with Gasteiger partial charge in [0.05, 0.1) is 12.3 Å². The number of ether oxygens (including phenoxy) is 1. The summed E-state index contributed by atoms with van der Waals surface area (Å²) in [6.07, 6.45) is 3.98. The molecule has 1 saturated heterocycles. The zero-order valence-corrected chi connectivity index (χ0v) is 9.66. The van der Waals surface area contributed by atoms with Gasteiger partial charge in [-0.15, -0.1) is 0 Å². The standard InChI is InChI=1S/C12H17FN2O/c1-9-12(2,4-6-16-9)15-7-10-3-5-14-8-11(10)13/h3,5,8-9,15H,4,6-7H2,1-2H3. The Morgan fingerprint density at radius 2 is 2.50 bits per heavy atom. The first kappa shape index (κ1) is 11.5. The predicted molar refractivity (Wildman–Crippen MR) is 59.5 cm³/mol. The van der Waals surface area contributed by atoms with Crippen LogP contribution in [0.5, 0.6) is 0 Å². The van der Waals surface area contributed by atoms with Crippen molar-refractivity contribution < 1.29 is 9.13 Å². The number of hydrogen-bond donors (Lipinski definition) is 1. The summed E-state index contributed by atoms with van der Waals surface area (Å²) in [5.74, 6) is -0.259. The van der Waals surface area contributed by atoms with Crippen LogP contribution in [-0.4, -0.2) is 23.2 Å². The summed E-state index contributed by atoms with van der Waals surface area (Å²) in [5.41, 5.74) is 0.589. The molecule has 2 unspecified atom stereocenters. The Morgan fingerprint density at radius 1 is 1.69 bits per heavy atom. The molecule has 3 nitrogen and oxygen atoms in total. The largest absolute Gasteiger partial charge is 0.377 e. The molecule has 0 aromatic carbocycles. The zero-order chi connectivity index (χ0) is 11.6. The fourth-order valence-corrected chi connectivity index (χ4v) is 1.91. The van der Waals surface area contributed by atoms with Gasteiger partial charge >= 0.3 is 0 Å². The normalized spacial score (nSPS) is 29.6. The summed E-state index contributed by atoms with van der Waals surface area (Å²) in [4.78, 5) is 3.73. The Morgan fingerprint density at radius 3 is 3.12 bits per heavy atom. The summed E-state index contributed by atoms with van der Waals surface area (Å²) in [6.45, 7) is 5.44. The van der Waals surface area contributed by atoms with Crippen LogP contribution in [0.2, 0.25) is 0 Å². The minimum Gasteiger partial charge on any atom is -0.377 e. The van der Waals surface area contributed by atoms with Crippen LogP contribution >= 0.6 is 0 Å². The topological polar surface area (TPSA) is 34.1 Å². The molecule has 88 valence electrons. The average molecular weight is 224 g/mol. The molecule has 2 atom stereocenters. The molecule has 0 bridgehead atoms. The van der Waals surface area contributed by atoms with Gasteiger partial charge in [-0.2, -0.15) is 0 Å². The molecule has 1 aromatic heterocycles. The molecule has 2 heterocycles. The number of aromatic nitrogens is 1. The summed E-state index contributed by atoms with van der Waals surface area (Å²) < 4.78 is 18.9. The summed E-state index contributed by atoms with van der Waals surface area (Å²) >= 11 is 0. The second-order valence-electron chi connectivity index (χ2n) is 4.50. The Hall–Kier alpha value is -1.00. The molecule has 2 rings (SSSR count). The van der Waals surface area contributed by atoms with E-state index in [2.05, 4.69) is 17.2 Å². The van der Waals surface area contributed by atoms with Crippen LogP contribution in [0.4, 0.5) is 4.39 Å². The van der Waals surface area contributed by atoms with Gasteiger partial charge in [-0.25, -0.2) is 4.39 Å². The van der Waals surface area contributed by atoms with Crippen LogP contribution in [0.3, 0.4) is 0 Å². The quantitative estimate of drug-likeness (QED) is 0.851. The first-order valence-electron chi connectivity index (χ1n) is 5.57. The molecule has 1 fully saturated rings. The van der Waals surface area contributed by atoms with Gasteiger partial charge in [0.1, 0.15) is 5.82 Å². The van der Waals surface area contributed by atoms with Crippen molar-refractivity contribution in [2.75, 3.05) is 6.61 Å². The highest BCUT2D eigenvalue weighted by Gasteiger charge is 2.36. The first-order chi connectivity index (χ1) is 7.62. The lowest BCUT2D eigenvalue weighted by Gasteiger charge is -2.29. The number of halogens is 1. The van der Waals surface area contributed by atoms with Crippen molar-refractivity contribution in [2.24, 2.45) is 0 Å². The molecule has 0 spiro atoms. The van der Waals surface area contributed by atoms with Gasteiger partial charge in [0.25, 0.3) is 0 Å². The van der Waals surface area contributed by atoms with E-state index in [4.69, 9.17) is 4.74 Å². The smallest absolute Gasteiger partial charge is 0.145 e. The van der Waals surface area contributed by atoms with Crippen molar-refractivity contribution in [3.8, 4) is 0 Å². The maximum absolute atomic E-state index is 13.4. The van der Waals surface area contributed by atoms with E-state index >= 15 is 0 Å². The highest BCUT2D eigenvalue weighted by molar-refractivity contribution is 5.13. The lowest BCUT2D eigenvalue weighted by Crippen LogP contribution is -2.47. The third-order valence-corrected chi connectivity index (χ3v) is 3.43. The van der Waals surface area contributed by atoms with Gasteiger partial charge in [0.2, 0.25) is 0 Å². The monoisotopic (exact) mass is 224 g/mol. The van der Waals surface area contributed by atoms with Gasteiger partial charge in [0, 0.05) is 30.5 Å². The van der Waals surface area contributed by atoms with E-state index in [1.807, 2.05) is 6.92 Å². The molecule has 0 aliphatic carbocycles. The molecular formula is C12H17FN2O. The molecule has 16 heavy (non-hydrogen) atoms. The first-order valence-corrected chi connectivity index (χ1v) is 5.57. The molecule has 0 amide bonds. The highest BCUT2D eigenvalue weighted by Crippen LogP contribution is 2.25. The van der Waals surface area contributed by atoms with Crippen molar-refractivity contribution in [1.82, 2.24) is 10.3 Å². The number of nitrogens with zero attached hydrogens (tertiary/aromatic N) is 1. The third kappa shape index (κ3) is 2.23. The summed E-state index contributed by atoms with van der Waals surface area (Å²) in [6, 6.07) is 1.70. The predicted octanol–water partition coefficient (Wildman–Crippen LogP) is 1.88. The second-order valence-corrected chi connectivity index (χ2v) is 4.50. The van der Waals surface area contributed by atoms with E-state index < -0.39 is 0 Å². The number of rotatable bonds is 3. The van der Waals surface area contributed by atoms with Crippen molar-refractivity contribution >= 4 is 0 Å². The van der Waals surface area contributed by atoms with Crippen molar-refractivity contribution in [3.63, 3.8) is 0 Å². The Bertz CT molecular complexity index is 372. The number of pyridine rings is 1. The minimum atomic E-state index is -0.259. The molecule has 0 saturated carbocycles. The molecule has 1 aromatic rings. The lowest BCUT2D eigenvalue weighted by molar-refractivity contribution is 0.0880. The molecular weight excluding hydrogens is 207 g/mol. The second kappa shape index (κ2) is 4.47. The van der Waals surface area contributed by atoms with Crippen LogP contribution in [0, 0.1) is 5.82 Å². The fraction of sp³-hybridized carbons (Fsp3) is 0.583. The van der Waals surface area contributed by atoms with E-state index in [1.165, 1.54) is 6.20 Å². The van der Waals surface area contributed by atoms with Crippen molar-refractivity contribution in [1.29, 1.82) is 0 Å². The maximum Gasteiger partial charge on any atom is 0.145 e. The SMILES string of the molecule is CC1OCCC1(C)NCc1ccncc1F. The Balaban J connectivity index is 2.00. The molecule has 4 heteroatoms. The van der Waals surface area contributed by atoms with E-state index in [0.29, 0.717) is 12.1 Å². The van der Waals surface area contributed by atoms with Crippen molar-refractivity contribution in [2.45, 2.75) is 38.5 Å². The number of hydrogen-bond acceptors (Lipinski definition) is 3. The minimum absolute atomic E-state index is 0.0598. The van der Waals surface area contributed by atoms with Crippen LogP contribution < -0.4 is 5.32 Å². The van der Waals surface area contributed by atoms with Gasteiger partial charge in [-0.05, 0) is 26.3 Å².